The van der Waals surface area contributed by atoms with E-state index in [1.54, 1.807) is 79.3 Å². The quantitative estimate of drug-likeness (QED) is 0.108. The molecule has 9 heteroatoms. The van der Waals surface area contributed by atoms with E-state index in [1.807, 2.05) is 78.9 Å². The standard InChI is InChI=1S/C43H30N4O5/c48-39(29-12-4-1-5-13-29)32-20-25-37(46-40(30-14-6-2-7-15-30)44-35(42(46)49)23-21-33-18-10-26-51-33)38(28-32)47-41(31-16-8-3-9-17-31)45-36(43(47)50)24-22-34-19-11-27-52-34/h1-20,23-28H,21-22H2/b35-23-,36-24-. The number of anilines is 2. The van der Waals surface area contributed by atoms with Crippen molar-refractivity contribution in [3.63, 3.8) is 0 Å². The van der Waals surface area contributed by atoms with Gasteiger partial charge in [0, 0.05) is 35.1 Å². The van der Waals surface area contributed by atoms with Gasteiger partial charge in [0.2, 0.25) is 0 Å². The second-order valence-electron chi connectivity index (χ2n) is 12.0. The molecule has 52 heavy (non-hydrogen) atoms. The second-order valence-corrected chi connectivity index (χ2v) is 12.0. The van der Waals surface area contributed by atoms with Crippen molar-refractivity contribution in [1.29, 1.82) is 0 Å². The normalized spacial score (nSPS) is 15.8. The van der Waals surface area contributed by atoms with Gasteiger partial charge in [0.25, 0.3) is 11.8 Å². The van der Waals surface area contributed by atoms with E-state index in [-0.39, 0.29) is 17.2 Å². The molecule has 2 aliphatic heterocycles. The van der Waals surface area contributed by atoms with Crippen LogP contribution in [0.15, 0.2) is 188 Å². The Bertz CT molecular complexity index is 2390. The van der Waals surface area contributed by atoms with Crippen LogP contribution in [0, 0.1) is 0 Å². The van der Waals surface area contributed by atoms with Crippen molar-refractivity contribution in [3.05, 3.63) is 203 Å². The largest absolute Gasteiger partial charge is 0.469 e. The Balaban J connectivity index is 1.30. The molecule has 0 atom stereocenters. The molecule has 2 aromatic heterocycles. The van der Waals surface area contributed by atoms with Gasteiger partial charge in [-0.2, -0.15) is 0 Å². The molecule has 6 aromatic rings. The monoisotopic (exact) mass is 682 g/mol. The van der Waals surface area contributed by atoms with Gasteiger partial charge in [-0.05, 0) is 54.6 Å². The number of amides is 2. The van der Waals surface area contributed by atoms with Gasteiger partial charge < -0.3 is 8.83 Å². The number of carbonyl (C=O) groups is 3. The molecule has 0 radical (unpaired) electrons. The molecule has 252 valence electrons. The number of hydrogen-bond donors (Lipinski definition) is 0. The van der Waals surface area contributed by atoms with Gasteiger partial charge in [0.15, 0.2) is 5.78 Å². The maximum absolute atomic E-state index is 14.6. The van der Waals surface area contributed by atoms with E-state index < -0.39 is 11.8 Å². The van der Waals surface area contributed by atoms with E-state index in [4.69, 9.17) is 18.8 Å². The van der Waals surface area contributed by atoms with Crippen molar-refractivity contribution in [2.75, 3.05) is 9.80 Å². The minimum absolute atomic E-state index is 0.199. The highest BCUT2D eigenvalue weighted by Gasteiger charge is 2.39. The summed E-state index contributed by atoms with van der Waals surface area (Å²) in [4.78, 5) is 55.6. The number of nitrogens with zero attached hydrogens (tertiary/aromatic N) is 4. The lowest BCUT2D eigenvalue weighted by Crippen LogP contribution is -2.38. The summed E-state index contributed by atoms with van der Waals surface area (Å²) < 4.78 is 11.0. The second kappa shape index (κ2) is 14.0. The minimum Gasteiger partial charge on any atom is -0.469 e. The predicted molar refractivity (Wildman–Crippen MR) is 198 cm³/mol. The molecule has 2 amide bonds. The lowest BCUT2D eigenvalue weighted by atomic mass is 10.0. The third-order valence-corrected chi connectivity index (χ3v) is 8.69. The molecule has 0 saturated heterocycles. The first-order valence-corrected chi connectivity index (χ1v) is 16.7. The number of furan rings is 2. The first-order valence-electron chi connectivity index (χ1n) is 16.7. The molecule has 0 unspecified atom stereocenters. The van der Waals surface area contributed by atoms with Crippen molar-refractivity contribution < 1.29 is 23.2 Å². The summed E-state index contributed by atoms with van der Waals surface area (Å²) in [5.74, 6) is 1.02. The van der Waals surface area contributed by atoms with Gasteiger partial charge in [-0.15, -0.1) is 0 Å². The zero-order valence-electron chi connectivity index (χ0n) is 27.8. The number of amidine groups is 2. The summed E-state index contributed by atoms with van der Waals surface area (Å²) in [6.07, 6.45) is 7.29. The Morgan fingerprint density at radius 3 is 1.50 bits per heavy atom. The summed E-state index contributed by atoms with van der Waals surface area (Å²) in [7, 11) is 0. The summed E-state index contributed by atoms with van der Waals surface area (Å²) in [5, 5.41) is 0. The van der Waals surface area contributed by atoms with E-state index in [0.29, 0.717) is 69.7 Å². The van der Waals surface area contributed by atoms with E-state index in [1.165, 1.54) is 9.80 Å². The third-order valence-electron chi connectivity index (χ3n) is 8.69. The third kappa shape index (κ3) is 6.23. The molecule has 4 aromatic carbocycles. The molecule has 0 bridgehead atoms. The first kappa shape index (κ1) is 32.1. The molecular formula is C43H30N4O5. The van der Waals surface area contributed by atoms with Crippen LogP contribution in [-0.2, 0) is 22.4 Å². The number of carbonyl (C=O) groups excluding carboxylic acids is 3. The number of allylic oxidation sites excluding steroid dienone is 2. The highest BCUT2D eigenvalue weighted by atomic mass is 16.3. The van der Waals surface area contributed by atoms with Gasteiger partial charge in [-0.1, -0.05) is 91.0 Å². The number of benzene rings is 4. The average Bonchev–Trinajstić information content (AvgIpc) is 4.02. The Hall–Kier alpha value is -7.13. The minimum atomic E-state index is -0.422. The maximum atomic E-state index is 14.6. The molecule has 2 aliphatic rings. The van der Waals surface area contributed by atoms with Crippen LogP contribution in [0.5, 0.6) is 0 Å². The van der Waals surface area contributed by atoms with Gasteiger partial charge >= 0.3 is 0 Å². The lowest BCUT2D eigenvalue weighted by Gasteiger charge is -2.27. The number of ketones is 1. The Morgan fingerprint density at radius 2 is 1.02 bits per heavy atom. The SMILES string of the molecule is O=C(c1ccccc1)c1ccc(N2C(=O)/C(=C/Cc3ccco3)N=C2c2ccccc2)c(N2C(=O)/C(=C/Cc3ccco3)N=C2c2ccccc2)c1. The summed E-state index contributed by atoms with van der Waals surface area (Å²) >= 11 is 0. The molecule has 0 fully saturated rings. The Kier molecular flexibility index (Phi) is 8.65. The highest BCUT2D eigenvalue weighted by Crippen LogP contribution is 2.39. The van der Waals surface area contributed by atoms with E-state index in [9.17, 15) is 14.4 Å². The summed E-state index contributed by atoms with van der Waals surface area (Å²) in [6, 6.07) is 39.8. The number of aliphatic imine (C=N–C) groups is 2. The molecule has 4 heterocycles. The van der Waals surface area contributed by atoms with E-state index >= 15 is 0 Å². The molecule has 0 aliphatic carbocycles. The molecule has 0 spiro atoms. The van der Waals surface area contributed by atoms with E-state index in [0.717, 1.165) is 0 Å². The number of hydrogen-bond acceptors (Lipinski definition) is 7. The van der Waals surface area contributed by atoms with Crippen molar-refractivity contribution in [2.24, 2.45) is 9.98 Å². The van der Waals surface area contributed by atoms with Crippen LogP contribution in [0.2, 0.25) is 0 Å². The van der Waals surface area contributed by atoms with Crippen LogP contribution in [0.1, 0.15) is 38.6 Å². The fraction of sp³-hybridized carbons (Fsp3) is 0.0465. The molecular weight excluding hydrogens is 652 g/mol. The zero-order chi connectivity index (χ0) is 35.4. The van der Waals surface area contributed by atoms with Gasteiger partial charge in [0.1, 0.15) is 34.6 Å². The van der Waals surface area contributed by atoms with Crippen molar-refractivity contribution in [1.82, 2.24) is 0 Å². The van der Waals surface area contributed by atoms with Crippen LogP contribution in [0.25, 0.3) is 0 Å². The van der Waals surface area contributed by atoms with Gasteiger partial charge in [-0.25, -0.2) is 9.98 Å². The Morgan fingerprint density at radius 1 is 0.538 bits per heavy atom. The van der Waals surface area contributed by atoms with Gasteiger partial charge in [0.05, 0.1) is 23.9 Å². The topological polar surface area (TPSA) is 109 Å². The molecule has 9 nitrogen and oxygen atoms in total. The summed E-state index contributed by atoms with van der Waals surface area (Å²) in [6.45, 7) is 0. The van der Waals surface area contributed by atoms with Crippen molar-refractivity contribution in [3.8, 4) is 0 Å². The zero-order valence-corrected chi connectivity index (χ0v) is 27.8. The molecule has 0 saturated carbocycles. The molecule has 8 rings (SSSR count). The fourth-order valence-electron chi connectivity index (χ4n) is 6.16. The van der Waals surface area contributed by atoms with Crippen molar-refractivity contribution in [2.45, 2.75) is 12.8 Å². The van der Waals surface area contributed by atoms with Crippen LogP contribution in [-0.4, -0.2) is 29.3 Å². The maximum Gasteiger partial charge on any atom is 0.282 e. The average molecular weight is 683 g/mol. The van der Waals surface area contributed by atoms with E-state index in [2.05, 4.69) is 0 Å². The predicted octanol–water partition coefficient (Wildman–Crippen LogP) is 7.94. The molecule has 0 N–H and O–H groups in total. The van der Waals surface area contributed by atoms with Crippen LogP contribution in [0.3, 0.4) is 0 Å². The first-order chi connectivity index (χ1) is 25.5. The van der Waals surface area contributed by atoms with Crippen LogP contribution in [0.4, 0.5) is 11.4 Å². The van der Waals surface area contributed by atoms with Crippen LogP contribution < -0.4 is 9.80 Å². The van der Waals surface area contributed by atoms with Crippen molar-refractivity contribution >= 4 is 40.6 Å². The fourth-order valence-corrected chi connectivity index (χ4v) is 6.16. The lowest BCUT2D eigenvalue weighted by molar-refractivity contribution is -0.114. The Labute approximate surface area is 299 Å². The van der Waals surface area contributed by atoms with Crippen LogP contribution >= 0.6 is 0 Å². The number of rotatable bonds is 10. The smallest absolute Gasteiger partial charge is 0.282 e. The van der Waals surface area contributed by atoms with Gasteiger partial charge in [-0.3, -0.25) is 24.2 Å². The summed E-state index contributed by atoms with van der Waals surface area (Å²) in [5.41, 5.74) is 3.23. The highest BCUT2D eigenvalue weighted by molar-refractivity contribution is 6.37.